The molecule has 14 heavy (non-hydrogen) atoms. The van der Waals surface area contributed by atoms with Gasteiger partial charge in [-0.3, -0.25) is 4.90 Å². The summed E-state index contributed by atoms with van der Waals surface area (Å²) in [6, 6.07) is 0.698. The summed E-state index contributed by atoms with van der Waals surface area (Å²) in [6.07, 6.45) is 6.18. The zero-order valence-corrected chi connectivity index (χ0v) is 8.11. The fraction of sp³-hybridized carbons (Fsp3) is 0.600. The number of rotatable bonds is 0. The molecule has 1 fully saturated rings. The van der Waals surface area contributed by atoms with Gasteiger partial charge < -0.3 is 5.32 Å². The van der Waals surface area contributed by atoms with Crippen LogP contribution in [0.15, 0.2) is 12.5 Å². The zero-order valence-electron chi connectivity index (χ0n) is 8.11. The van der Waals surface area contributed by atoms with Gasteiger partial charge in [0, 0.05) is 30.9 Å². The molecule has 3 rings (SSSR count). The molecule has 2 aliphatic heterocycles. The summed E-state index contributed by atoms with van der Waals surface area (Å²) in [6.45, 7) is 3.26. The van der Waals surface area contributed by atoms with Gasteiger partial charge in [0.15, 0.2) is 0 Å². The first kappa shape index (κ1) is 8.17. The van der Waals surface area contributed by atoms with E-state index in [9.17, 15) is 0 Å². The van der Waals surface area contributed by atoms with E-state index >= 15 is 0 Å². The van der Waals surface area contributed by atoms with E-state index in [0.717, 1.165) is 18.9 Å². The van der Waals surface area contributed by atoms with Crippen molar-refractivity contribution in [3.8, 4) is 0 Å². The Hall–Kier alpha value is -1.16. The van der Waals surface area contributed by atoms with Crippen molar-refractivity contribution in [2.75, 3.05) is 18.4 Å². The highest BCUT2D eigenvalue weighted by atomic mass is 15.2. The van der Waals surface area contributed by atoms with Crippen LogP contribution in [0.1, 0.15) is 18.4 Å². The summed E-state index contributed by atoms with van der Waals surface area (Å²) < 4.78 is 0. The monoisotopic (exact) mass is 190 g/mol. The van der Waals surface area contributed by atoms with Gasteiger partial charge in [0.2, 0.25) is 0 Å². The maximum atomic E-state index is 4.26. The van der Waals surface area contributed by atoms with Crippen LogP contribution in [0, 0.1) is 0 Å². The van der Waals surface area contributed by atoms with E-state index in [4.69, 9.17) is 0 Å². The Morgan fingerprint density at radius 1 is 1.50 bits per heavy atom. The number of nitrogens with one attached hydrogen (secondary N) is 1. The number of aromatic nitrogens is 2. The minimum Gasteiger partial charge on any atom is -0.368 e. The van der Waals surface area contributed by atoms with Crippen LogP contribution in [0.3, 0.4) is 0 Å². The molecule has 1 aromatic heterocycles. The fourth-order valence-corrected chi connectivity index (χ4v) is 2.40. The van der Waals surface area contributed by atoms with Crippen LogP contribution < -0.4 is 5.32 Å². The van der Waals surface area contributed by atoms with Crippen molar-refractivity contribution in [2.45, 2.75) is 25.4 Å². The number of hydrogen-bond donors (Lipinski definition) is 1. The standard InChI is InChI=1S/C10H14N4/c1-2-9-5-12-10-8(4-11-7-13-10)6-14(9)3-1/h4,7,9H,1-3,5-6H2,(H,11,12,13). The Morgan fingerprint density at radius 2 is 2.50 bits per heavy atom. The van der Waals surface area contributed by atoms with Crippen LogP contribution in [-0.4, -0.2) is 34.0 Å². The minimum atomic E-state index is 0.698. The third kappa shape index (κ3) is 1.26. The largest absolute Gasteiger partial charge is 0.368 e. The maximum absolute atomic E-state index is 4.26. The summed E-state index contributed by atoms with van der Waals surface area (Å²) in [4.78, 5) is 10.9. The Labute approximate surface area is 83.4 Å². The van der Waals surface area contributed by atoms with Crippen LogP contribution in [0.5, 0.6) is 0 Å². The molecule has 3 heterocycles. The molecule has 1 atom stereocenters. The SMILES string of the molecule is c1ncc2c(n1)NCC1CCCN1C2. The topological polar surface area (TPSA) is 41.1 Å². The Morgan fingerprint density at radius 3 is 3.50 bits per heavy atom. The molecule has 1 unspecified atom stereocenters. The van der Waals surface area contributed by atoms with Gasteiger partial charge in [0.05, 0.1) is 0 Å². The second kappa shape index (κ2) is 3.20. The highest BCUT2D eigenvalue weighted by Crippen LogP contribution is 2.25. The lowest BCUT2D eigenvalue weighted by atomic mass is 10.2. The van der Waals surface area contributed by atoms with E-state index in [1.807, 2.05) is 6.20 Å². The van der Waals surface area contributed by atoms with Crippen molar-refractivity contribution in [1.82, 2.24) is 14.9 Å². The van der Waals surface area contributed by atoms with E-state index < -0.39 is 0 Å². The van der Waals surface area contributed by atoms with Crippen molar-refractivity contribution in [2.24, 2.45) is 0 Å². The summed E-state index contributed by atoms with van der Waals surface area (Å²) in [5.74, 6) is 1.02. The molecule has 74 valence electrons. The molecule has 2 aliphatic rings. The van der Waals surface area contributed by atoms with Gasteiger partial charge in [-0.25, -0.2) is 9.97 Å². The van der Waals surface area contributed by atoms with Gasteiger partial charge in [0.1, 0.15) is 12.1 Å². The molecule has 0 amide bonds. The van der Waals surface area contributed by atoms with Crippen molar-refractivity contribution in [3.05, 3.63) is 18.1 Å². The molecular weight excluding hydrogens is 176 g/mol. The van der Waals surface area contributed by atoms with Gasteiger partial charge in [0.25, 0.3) is 0 Å². The lowest BCUT2D eigenvalue weighted by molar-refractivity contribution is 0.259. The highest BCUT2D eigenvalue weighted by Gasteiger charge is 2.27. The van der Waals surface area contributed by atoms with E-state index in [0.29, 0.717) is 6.04 Å². The van der Waals surface area contributed by atoms with E-state index in [1.165, 1.54) is 24.9 Å². The Balaban J connectivity index is 1.93. The van der Waals surface area contributed by atoms with Crippen LogP contribution >= 0.6 is 0 Å². The highest BCUT2D eigenvalue weighted by molar-refractivity contribution is 5.43. The molecule has 0 aliphatic carbocycles. The summed E-state index contributed by atoms with van der Waals surface area (Å²) in [5, 5.41) is 3.40. The molecule has 4 nitrogen and oxygen atoms in total. The first-order chi connectivity index (χ1) is 6.93. The quantitative estimate of drug-likeness (QED) is 0.659. The number of fused-ring (bicyclic) bond motifs is 2. The molecule has 1 N–H and O–H groups in total. The van der Waals surface area contributed by atoms with Gasteiger partial charge in [-0.2, -0.15) is 0 Å². The van der Waals surface area contributed by atoms with E-state index in [2.05, 4.69) is 20.2 Å². The van der Waals surface area contributed by atoms with Gasteiger partial charge in [-0.1, -0.05) is 0 Å². The average molecular weight is 190 g/mol. The van der Waals surface area contributed by atoms with Crippen molar-refractivity contribution in [3.63, 3.8) is 0 Å². The maximum Gasteiger partial charge on any atom is 0.133 e. The Bertz CT molecular complexity index is 339. The van der Waals surface area contributed by atoms with Crippen LogP contribution in [0.2, 0.25) is 0 Å². The summed E-state index contributed by atoms with van der Waals surface area (Å²) in [7, 11) is 0. The second-order valence-corrected chi connectivity index (χ2v) is 4.04. The average Bonchev–Trinajstić information content (AvgIpc) is 2.58. The summed E-state index contributed by atoms with van der Waals surface area (Å²) >= 11 is 0. The predicted octanol–water partition coefficient (Wildman–Crippen LogP) is 0.867. The molecule has 0 aromatic carbocycles. The smallest absolute Gasteiger partial charge is 0.133 e. The molecule has 0 bridgehead atoms. The van der Waals surface area contributed by atoms with Crippen LogP contribution in [-0.2, 0) is 6.54 Å². The number of anilines is 1. The van der Waals surface area contributed by atoms with Gasteiger partial charge >= 0.3 is 0 Å². The van der Waals surface area contributed by atoms with Crippen molar-refractivity contribution >= 4 is 5.82 Å². The molecule has 0 radical (unpaired) electrons. The third-order valence-corrected chi connectivity index (χ3v) is 3.17. The first-order valence-electron chi connectivity index (χ1n) is 5.20. The number of nitrogens with zero attached hydrogens (tertiary/aromatic N) is 3. The van der Waals surface area contributed by atoms with Crippen LogP contribution in [0.4, 0.5) is 5.82 Å². The second-order valence-electron chi connectivity index (χ2n) is 4.04. The molecular formula is C10H14N4. The molecule has 1 aromatic rings. The van der Waals surface area contributed by atoms with E-state index in [-0.39, 0.29) is 0 Å². The normalized spacial score (nSPS) is 26.1. The first-order valence-corrected chi connectivity index (χ1v) is 5.20. The van der Waals surface area contributed by atoms with Gasteiger partial charge in [-0.05, 0) is 19.4 Å². The predicted molar refractivity (Wildman–Crippen MR) is 54.0 cm³/mol. The lowest BCUT2D eigenvalue weighted by Crippen LogP contribution is -2.31. The fourth-order valence-electron chi connectivity index (χ4n) is 2.40. The van der Waals surface area contributed by atoms with Crippen molar-refractivity contribution in [1.29, 1.82) is 0 Å². The Kier molecular flexibility index (Phi) is 1.87. The molecule has 0 spiro atoms. The zero-order chi connectivity index (χ0) is 9.38. The van der Waals surface area contributed by atoms with Crippen molar-refractivity contribution < 1.29 is 0 Å². The van der Waals surface area contributed by atoms with Gasteiger partial charge in [-0.15, -0.1) is 0 Å². The molecule has 0 saturated carbocycles. The number of hydrogen-bond acceptors (Lipinski definition) is 4. The third-order valence-electron chi connectivity index (χ3n) is 3.17. The summed E-state index contributed by atoms with van der Waals surface area (Å²) in [5.41, 5.74) is 1.23. The lowest BCUT2D eigenvalue weighted by Gasteiger charge is -2.20. The molecule has 4 heteroatoms. The minimum absolute atomic E-state index is 0.698. The van der Waals surface area contributed by atoms with E-state index in [1.54, 1.807) is 6.33 Å². The van der Waals surface area contributed by atoms with Crippen LogP contribution in [0.25, 0.3) is 0 Å². The molecule has 1 saturated heterocycles.